The Labute approximate surface area is 85.8 Å². The second-order valence-electron chi connectivity index (χ2n) is 4.29. The Balaban J connectivity index is 2.15. The third-order valence-electron chi connectivity index (χ3n) is 3.41. The molecule has 0 aromatic heterocycles. The summed E-state index contributed by atoms with van der Waals surface area (Å²) in [6.07, 6.45) is 6.35. The average Bonchev–Trinajstić information content (AvgIpc) is 2.29. The quantitative estimate of drug-likeness (QED) is 0.439. The summed E-state index contributed by atoms with van der Waals surface area (Å²) in [5.41, 5.74) is 0. The second kappa shape index (κ2) is 3.76. The average molecular weight is 203 g/mol. The molecule has 3 heteroatoms. The highest BCUT2D eigenvalue weighted by atomic mass is 35.5. The highest BCUT2D eigenvalue weighted by molar-refractivity contribution is 6.23. The molecule has 2 nitrogen and oxygen atoms in total. The van der Waals surface area contributed by atoms with Gasteiger partial charge in [-0.25, -0.2) is 0 Å². The third-order valence-corrected chi connectivity index (χ3v) is 4.13. The number of hydrogen-bond acceptors (Lipinski definition) is 2. The van der Waals surface area contributed by atoms with E-state index in [0.717, 1.165) is 13.0 Å². The Bertz CT molecular complexity index is 186. The summed E-state index contributed by atoms with van der Waals surface area (Å²) in [6, 6.07) is 0. The second-order valence-corrected chi connectivity index (χ2v) is 4.90. The van der Waals surface area contributed by atoms with Crippen LogP contribution in [0.1, 0.15) is 32.1 Å². The summed E-state index contributed by atoms with van der Waals surface area (Å²) in [7, 11) is 2.16. The van der Waals surface area contributed by atoms with E-state index in [1.54, 1.807) is 0 Å². The van der Waals surface area contributed by atoms with E-state index in [2.05, 4.69) is 16.8 Å². The summed E-state index contributed by atoms with van der Waals surface area (Å²) in [6.45, 7) is 3.53. The van der Waals surface area contributed by atoms with Crippen molar-refractivity contribution in [2.75, 3.05) is 26.7 Å². The molecule has 0 saturated carbocycles. The van der Waals surface area contributed by atoms with Crippen molar-refractivity contribution in [3.05, 3.63) is 0 Å². The van der Waals surface area contributed by atoms with Gasteiger partial charge in [0.25, 0.3) is 0 Å². The van der Waals surface area contributed by atoms with Crippen molar-refractivity contribution in [3.63, 3.8) is 0 Å². The minimum atomic E-state index is -0.144. The first-order valence-electron chi connectivity index (χ1n) is 5.39. The molecule has 0 N–H and O–H groups in total. The van der Waals surface area contributed by atoms with Gasteiger partial charge in [0.1, 0.15) is 0 Å². The molecule has 13 heavy (non-hydrogen) atoms. The lowest BCUT2D eigenvalue weighted by Crippen LogP contribution is -2.59. The Morgan fingerprint density at radius 1 is 1.00 bits per heavy atom. The molecule has 0 aromatic carbocycles. The van der Waals surface area contributed by atoms with Crippen LogP contribution in [-0.4, -0.2) is 41.6 Å². The lowest BCUT2D eigenvalue weighted by atomic mass is 10.1. The molecule has 76 valence electrons. The van der Waals surface area contributed by atoms with Crippen LogP contribution in [0.4, 0.5) is 0 Å². The molecule has 2 aliphatic heterocycles. The van der Waals surface area contributed by atoms with E-state index in [4.69, 9.17) is 11.6 Å². The molecule has 1 atom stereocenters. The first kappa shape index (κ1) is 9.75. The molecule has 0 radical (unpaired) electrons. The van der Waals surface area contributed by atoms with E-state index in [1.165, 1.54) is 38.8 Å². The van der Waals surface area contributed by atoms with Crippen LogP contribution in [0.15, 0.2) is 0 Å². The summed E-state index contributed by atoms with van der Waals surface area (Å²) >= 11 is 6.68. The zero-order chi connectivity index (χ0) is 9.31. The molecular formula is C10H19ClN2. The SMILES string of the molecule is CN1CCCN2CCCCCC12Cl. The van der Waals surface area contributed by atoms with E-state index in [1.807, 2.05) is 0 Å². The molecule has 0 spiro atoms. The smallest absolute Gasteiger partial charge is 0.151 e. The number of fused-ring (bicyclic) bond motifs is 1. The Morgan fingerprint density at radius 2 is 1.77 bits per heavy atom. The fraction of sp³-hybridized carbons (Fsp3) is 1.00. The maximum Gasteiger partial charge on any atom is 0.151 e. The summed E-state index contributed by atoms with van der Waals surface area (Å²) in [4.78, 5) is 4.79. The Kier molecular flexibility index (Phi) is 2.82. The van der Waals surface area contributed by atoms with Crippen molar-refractivity contribution >= 4 is 11.6 Å². The van der Waals surface area contributed by atoms with Crippen LogP contribution < -0.4 is 0 Å². The van der Waals surface area contributed by atoms with Gasteiger partial charge < -0.3 is 0 Å². The van der Waals surface area contributed by atoms with Gasteiger partial charge in [-0.15, -0.1) is 0 Å². The van der Waals surface area contributed by atoms with Crippen LogP contribution in [0.2, 0.25) is 0 Å². The van der Waals surface area contributed by atoms with Gasteiger partial charge in [-0.1, -0.05) is 18.0 Å². The normalized spacial score (nSPS) is 38.3. The van der Waals surface area contributed by atoms with Crippen LogP contribution in [0.25, 0.3) is 0 Å². The van der Waals surface area contributed by atoms with Crippen LogP contribution in [-0.2, 0) is 0 Å². The number of halogens is 1. The van der Waals surface area contributed by atoms with Crippen LogP contribution >= 0.6 is 11.6 Å². The van der Waals surface area contributed by atoms with Crippen LogP contribution in [0.3, 0.4) is 0 Å². The summed E-state index contributed by atoms with van der Waals surface area (Å²) in [5, 5.41) is -0.144. The molecule has 0 bridgehead atoms. The van der Waals surface area contributed by atoms with E-state index >= 15 is 0 Å². The van der Waals surface area contributed by atoms with Gasteiger partial charge in [-0.3, -0.25) is 9.80 Å². The van der Waals surface area contributed by atoms with Crippen molar-refractivity contribution in [1.29, 1.82) is 0 Å². The zero-order valence-electron chi connectivity index (χ0n) is 8.43. The first-order chi connectivity index (χ1) is 6.23. The van der Waals surface area contributed by atoms with Gasteiger partial charge in [0.2, 0.25) is 0 Å². The van der Waals surface area contributed by atoms with Crippen molar-refractivity contribution in [3.8, 4) is 0 Å². The number of alkyl halides is 1. The van der Waals surface area contributed by atoms with Crippen molar-refractivity contribution in [1.82, 2.24) is 9.80 Å². The summed E-state index contributed by atoms with van der Waals surface area (Å²) in [5.74, 6) is 0. The fourth-order valence-electron chi connectivity index (χ4n) is 2.54. The molecule has 2 rings (SSSR count). The van der Waals surface area contributed by atoms with Crippen molar-refractivity contribution in [2.45, 2.75) is 37.2 Å². The Morgan fingerprint density at radius 3 is 2.62 bits per heavy atom. The molecule has 0 amide bonds. The fourth-order valence-corrected chi connectivity index (χ4v) is 2.93. The number of rotatable bonds is 0. The van der Waals surface area contributed by atoms with E-state index in [-0.39, 0.29) is 5.12 Å². The minimum Gasteiger partial charge on any atom is -0.276 e. The lowest BCUT2D eigenvalue weighted by Gasteiger charge is -2.48. The van der Waals surface area contributed by atoms with Gasteiger partial charge >= 0.3 is 0 Å². The molecule has 0 aromatic rings. The minimum absolute atomic E-state index is 0.144. The van der Waals surface area contributed by atoms with Gasteiger partial charge in [-0.05, 0) is 32.7 Å². The van der Waals surface area contributed by atoms with E-state index in [0.29, 0.717) is 0 Å². The molecule has 2 heterocycles. The molecule has 2 fully saturated rings. The van der Waals surface area contributed by atoms with E-state index < -0.39 is 0 Å². The molecule has 2 aliphatic rings. The topological polar surface area (TPSA) is 6.48 Å². The maximum atomic E-state index is 6.68. The van der Waals surface area contributed by atoms with Gasteiger partial charge in [0, 0.05) is 19.6 Å². The monoisotopic (exact) mass is 202 g/mol. The largest absolute Gasteiger partial charge is 0.276 e. The highest BCUT2D eigenvalue weighted by Crippen LogP contribution is 2.36. The van der Waals surface area contributed by atoms with Crippen LogP contribution in [0.5, 0.6) is 0 Å². The first-order valence-corrected chi connectivity index (χ1v) is 5.76. The number of nitrogens with zero attached hydrogens (tertiary/aromatic N) is 2. The van der Waals surface area contributed by atoms with Gasteiger partial charge in [0.15, 0.2) is 5.12 Å². The number of hydrogen-bond donors (Lipinski definition) is 0. The molecular weight excluding hydrogens is 184 g/mol. The highest BCUT2D eigenvalue weighted by Gasteiger charge is 2.41. The molecule has 1 unspecified atom stereocenters. The predicted molar refractivity (Wildman–Crippen MR) is 55.9 cm³/mol. The predicted octanol–water partition coefficient (Wildman–Crippen LogP) is 2.09. The van der Waals surface area contributed by atoms with Crippen LogP contribution in [0, 0.1) is 0 Å². The Hall–Kier alpha value is 0.210. The lowest BCUT2D eigenvalue weighted by molar-refractivity contribution is -0.0115. The summed E-state index contributed by atoms with van der Waals surface area (Å²) < 4.78 is 0. The van der Waals surface area contributed by atoms with Crippen molar-refractivity contribution in [2.24, 2.45) is 0 Å². The van der Waals surface area contributed by atoms with Gasteiger partial charge in [0.05, 0.1) is 0 Å². The standard InChI is InChI=1S/C10H19ClN2/c1-12-7-5-9-13-8-4-2-3-6-10(12,13)11/h2-9H2,1H3. The van der Waals surface area contributed by atoms with Crippen molar-refractivity contribution < 1.29 is 0 Å². The molecule has 0 aliphatic carbocycles. The zero-order valence-corrected chi connectivity index (χ0v) is 9.19. The van der Waals surface area contributed by atoms with E-state index in [9.17, 15) is 0 Å². The van der Waals surface area contributed by atoms with Gasteiger partial charge in [-0.2, -0.15) is 0 Å². The maximum absolute atomic E-state index is 6.68. The third kappa shape index (κ3) is 1.72. The molecule has 2 saturated heterocycles.